The predicted molar refractivity (Wildman–Crippen MR) is 129 cm³/mol. The quantitative estimate of drug-likeness (QED) is 0.566. The van der Waals surface area contributed by atoms with Gasteiger partial charge in [0.2, 0.25) is 5.91 Å². The van der Waals surface area contributed by atoms with Crippen molar-refractivity contribution < 1.29 is 9.59 Å². The van der Waals surface area contributed by atoms with Crippen LogP contribution < -0.4 is 10.9 Å². The van der Waals surface area contributed by atoms with Crippen LogP contribution in [0.15, 0.2) is 53.3 Å². The highest BCUT2D eigenvalue weighted by Gasteiger charge is 2.22. The number of para-hydroxylation sites is 1. The molecule has 7 nitrogen and oxygen atoms in total. The second-order valence-electron chi connectivity index (χ2n) is 8.72. The van der Waals surface area contributed by atoms with E-state index in [0.29, 0.717) is 53.3 Å². The number of amides is 2. The Kier molecular flexibility index (Phi) is 7.17. The van der Waals surface area contributed by atoms with Crippen molar-refractivity contribution in [2.45, 2.75) is 57.4 Å². The number of hydrogen-bond acceptors (Lipinski definition) is 4. The molecule has 2 amide bonds. The third kappa shape index (κ3) is 5.66. The molecule has 0 unspecified atom stereocenters. The molecule has 0 bridgehead atoms. The normalized spacial score (nSPS) is 14.2. The number of aryl methyl sites for hydroxylation is 1. The molecule has 33 heavy (non-hydrogen) atoms. The summed E-state index contributed by atoms with van der Waals surface area (Å²) in [6, 6.07) is 14.6. The molecule has 7 heteroatoms. The summed E-state index contributed by atoms with van der Waals surface area (Å²) < 4.78 is 0. The van der Waals surface area contributed by atoms with E-state index in [1.54, 1.807) is 36.4 Å². The van der Waals surface area contributed by atoms with Crippen LogP contribution in [0.25, 0.3) is 10.9 Å². The summed E-state index contributed by atoms with van der Waals surface area (Å²) in [6.45, 7) is 0. The second-order valence-corrected chi connectivity index (χ2v) is 8.72. The van der Waals surface area contributed by atoms with E-state index < -0.39 is 0 Å². The summed E-state index contributed by atoms with van der Waals surface area (Å²) in [7, 11) is 1.88. The SMILES string of the molecule is CN(C(=O)c1ccc(NC(=O)CCCc2nc3ccccc3c(=O)[nH]2)cc1)C1CCCCC1. The lowest BCUT2D eigenvalue weighted by Crippen LogP contribution is -2.38. The van der Waals surface area contributed by atoms with Crippen LogP contribution in [0.1, 0.15) is 61.1 Å². The van der Waals surface area contributed by atoms with Gasteiger partial charge in [0, 0.05) is 37.2 Å². The maximum atomic E-state index is 12.8. The first-order chi connectivity index (χ1) is 16.0. The van der Waals surface area contributed by atoms with E-state index in [0.717, 1.165) is 12.8 Å². The Bertz CT molecular complexity index is 1180. The molecule has 0 aliphatic heterocycles. The number of hydrogen-bond donors (Lipinski definition) is 2. The molecule has 1 aromatic heterocycles. The first-order valence-electron chi connectivity index (χ1n) is 11.7. The zero-order valence-corrected chi connectivity index (χ0v) is 19.0. The number of aromatic amines is 1. The minimum atomic E-state index is -0.163. The number of nitrogens with one attached hydrogen (secondary N) is 2. The van der Waals surface area contributed by atoms with E-state index >= 15 is 0 Å². The van der Waals surface area contributed by atoms with Crippen LogP contribution in [0.2, 0.25) is 0 Å². The van der Waals surface area contributed by atoms with Gasteiger partial charge in [-0.3, -0.25) is 14.4 Å². The van der Waals surface area contributed by atoms with Crippen molar-refractivity contribution in [1.82, 2.24) is 14.9 Å². The second kappa shape index (κ2) is 10.4. The van der Waals surface area contributed by atoms with Crippen LogP contribution in [-0.2, 0) is 11.2 Å². The maximum absolute atomic E-state index is 12.8. The topological polar surface area (TPSA) is 95.2 Å². The van der Waals surface area contributed by atoms with Crippen LogP contribution in [0.4, 0.5) is 5.69 Å². The average molecular weight is 447 g/mol. The molecule has 4 rings (SSSR count). The number of benzene rings is 2. The van der Waals surface area contributed by atoms with E-state index in [9.17, 15) is 14.4 Å². The molecule has 1 heterocycles. The van der Waals surface area contributed by atoms with Crippen LogP contribution in [0.5, 0.6) is 0 Å². The first kappa shape index (κ1) is 22.7. The van der Waals surface area contributed by atoms with E-state index in [4.69, 9.17) is 0 Å². The third-order valence-electron chi connectivity index (χ3n) is 6.34. The molecule has 1 saturated carbocycles. The van der Waals surface area contributed by atoms with E-state index in [1.807, 2.05) is 24.1 Å². The molecule has 0 spiro atoms. The number of anilines is 1. The standard InChI is InChI=1S/C26H30N4O3/c1-30(20-8-3-2-4-9-20)26(33)18-14-16-19(17-15-18)27-24(31)13-7-12-23-28-22-11-6-5-10-21(22)25(32)29-23/h5-6,10-11,14-17,20H,2-4,7-9,12-13H2,1H3,(H,27,31)(H,28,29,32). The van der Waals surface area contributed by atoms with E-state index in [1.165, 1.54) is 19.3 Å². The Hall–Kier alpha value is -3.48. The van der Waals surface area contributed by atoms with Gasteiger partial charge in [0.05, 0.1) is 10.9 Å². The van der Waals surface area contributed by atoms with Crippen molar-refractivity contribution in [2.24, 2.45) is 0 Å². The zero-order chi connectivity index (χ0) is 23.2. The van der Waals surface area contributed by atoms with Gasteiger partial charge in [0.1, 0.15) is 5.82 Å². The van der Waals surface area contributed by atoms with Gasteiger partial charge >= 0.3 is 0 Å². The van der Waals surface area contributed by atoms with Crippen LogP contribution in [0.3, 0.4) is 0 Å². The van der Waals surface area contributed by atoms with E-state index in [2.05, 4.69) is 15.3 Å². The van der Waals surface area contributed by atoms with E-state index in [-0.39, 0.29) is 17.4 Å². The number of carbonyl (C=O) groups is 2. The number of fused-ring (bicyclic) bond motifs is 1. The minimum absolute atomic E-state index is 0.0247. The summed E-state index contributed by atoms with van der Waals surface area (Å²) in [4.78, 5) is 46.4. The van der Waals surface area contributed by atoms with Crippen molar-refractivity contribution in [2.75, 3.05) is 12.4 Å². The van der Waals surface area contributed by atoms with Crippen LogP contribution >= 0.6 is 0 Å². The molecule has 1 aliphatic rings. The smallest absolute Gasteiger partial charge is 0.258 e. The average Bonchev–Trinajstić information content (AvgIpc) is 2.84. The predicted octanol–water partition coefficient (Wildman–Crippen LogP) is 4.29. The van der Waals surface area contributed by atoms with Crippen molar-refractivity contribution in [3.63, 3.8) is 0 Å². The highest BCUT2D eigenvalue weighted by Crippen LogP contribution is 2.23. The Morgan fingerprint density at radius 1 is 1.06 bits per heavy atom. The summed E-state index contributed by atoms with van der Waals surface area (Å²) in [5.41, 5.74) is 1.79. The Morgan fingerprint density at radius 3 is 2.55 bits per heavy atom. The first-order valence-corrected chi connectivity index (χ1v) is 11.7. The van der Waals surface area contributed by atoms with Gasteiger partial charge in [0.25, 0.3) is 11.5 Å². The van der Waals surface area contributed by atoms with Gasteiger partial charge in [-0.15, -0.1) is 0 Å². The van der Waals surface area contributed by atoms with Crippen molar-refractivity contribution >= 4 is 28.4 Å². The minimum Gasteiger partial charge on any atom is -0.339 e. The lowest BCUT2D eigenvalue weighted by atomic mass is 9.94. The number of rotatable bonds is 7. The molecule has 1 fully saturated rings. The van der Waals surface area contributed by atoms with Crippen LogP contribution in [0, 0.1) is 0 Å². The lowest BCUT2D eigenvalue weighted by molar-refractivity contribution is -0.116. The Balaban J connectivity index is 1.27. The molecule has 2 N–H and O–H groups in total. The van der Waals surface area contributed by atoms with Gasteiger partial charge in [-0.1, -0.05) is 31.4 Å². The molecule has 0 radical (unpaired) electrons. The number of aromatic nitrogens is 2. The third-order valence-corrected chi connectivity index (χ3v) is 6.34. The highest BCUT2D eigenvalue weighted by atomic mass is 16.2. The van der Waals surface area contributed by atoms with Gasteiger partial charge in [-0.2, -0.15) is 0 Å². The van der Waals surface area contributed by atoms with Gasteiger partial charge in [-0.25, -0.2) is 4.98 Å². The molecular formula is C26H30N4O3. The van der Waals surface area contributed by atoms with Crippen LogP contribution in [-0.4, -0.2) is 39.8 Å². The monoisotopic (exact) mass is 446 g/mol. The Labute approximate surface area is 193 Å². The summed E-state index contributed by atoms with van der Waals surface area (Å²) in [5, 5.41) is 3.43. The van der Waals surface area contributed by atoms with Gasteiger partial charge < -0.3 is 15.2 Å². The Morgan fingerprint density at radius 2 is 1.79 bits per heavy atom. The maximum Gasteiger partial charge on any atom is 0.258 e. The summed E-state index contributed by atoms with van der Waals surface area (Å²) >= 11 is 0. The fourth-order valence-electron chi connectivity index (χ4n) is 4.43. The van der Waals surface area contributed by atoms with Crippen molar-refractivity contribution in [3.05, 3.63) is 70.3 Å². The molecule has 0 atom stereocenters. The molecule has 3 aromatic rings. The van der Waals surface area contributed by atoms with Crippen molar-refractivity contribution in [3.8, 4) is 0 Å². The molecule has 0 saturated heterocycles. The largest absolute Gasteiger partial charge is 0.339 e. The molecule has 2 aromatic carbocycles. The lowest BCUT2D eigenvalue weighted by Gasteiger charge is -2.31. The van der Waals surface area contributed by atoms with Gasteiger partial charge in [-0.05, 0) is 55.7 Å². The van der Waals surface area contributed by atoms with Gasteiger partial charge in [0.15, 0.2) is 0 Å². The zero-order valence-electron chi connectivity index (χ0n) is 19.0. The molecule has 1 aliphatic carbocycles. The van der Waals surface area contributed by atoms with Crippen molar-refractivity contribution in [1.29, 1.82) is 0 Å². The number of nitrogens with zero attached hydrogens (tertiary/aromatic N) is 2. The number of H-pyrrole nitrogens is 1. The fourth-order valence-corrected chi connectivity index (χ4v) is 4.43. The fraction of sp³-hybridized carbons (Fsp3) is 0.385. The summed E-state index contributed by atoms with van der Waals surface area (Å²) in [5.74, 6) is 0.490. The summed E-state index contributed by atoms with van der Waals surface area (Å²) in [6.07, 6.45) is 7.13. The highest BCUT2D eigenvalue weighted by molar-refractivity contribution is 5.95. The number of carbonyl (C=O) groups excluding carboxylic acids is 2. The molecule has 172 valence electrons. The molecular weight excluding hydrogens is 416 g/mol.